The summed E-state index contributed by atoms with van der Waals surface area (Å²) in [6.07, 6.45) is 8.95. The number of hydrogen-bond acceptors (Lipinski definition) is 4. The van der Waals surface area contributed by atoms with E-state index in [0.29, 0.717) is 25.0 Å². The molecule has 0 bridgehead atoms. The van der Waals surface area contributed by atoms with Gasteiger partial charge in [0.15, 0.2) is 0 Å². The molecule has 0 aromatic carbocycles. The second-order valence-corrected chi connectivity index (χ2v) is 7.25. The molecule has 0 rings (SSSR count). The fraction of sp³-hybridized carbons (Fsp3) is 0.905. The van der Waals surface area contributed by atoms with Gasteiger partial charge in [0.05, 0.1) is 25.6 Å². The Bertz CT molecular complexity index is 354. The van der Waals surface area contributed by atoms with Gasteiger partial charge in [0, 0.05) is 0 Å². The van der Waals surface area contributed by atoms with Gasteiger partial charge in [-0.25, -0.2) is 0 Å². The summed E-state index contributed by atoms with van der Waals surface area (Å²) in [6.45, 7) is 11.2. The lowest BCUT2D eigenvalue weighted by Crippen LogP contribution is -2.23. The second kappa shape index (κ2) is 15.2. The lowest BCUT2D eigenvalue weighted by molar-refractivity contribution is -0.156. The molecule has 4 nitrogen and oxygen atoms in total. The highest BCUT2D eigenvalue weighted by Crippen LogP contribution is 2.16. The largest absolute Gasteiger partial charge is 0.465 e. The van der Waals surface area contributed by atoms with Gasteiger partial charge in [-0.3, -0.25) is 9.59 Å². The van der Waals surface area contributed by atoms with Crippen molar-refractivity contribution >= 4 is 11.9 Å². The zero-order valence-electron chi connectivity index (χ0n) is 17.1. The van der Waals surface area contributed by atoms with Crippen molar-refractivity contribution in [1.29, 1.82) is 0 Å². The highest BCUT2D eigenvalue weighted by molar-refractivity contribution is 5.79. The molecular weight excluding hydrogens is 316 g/mol. The van der Waals surface area contributed by atoms with E-state index in [-0.39, 0.29) is 18.4 Å². The van der Waals surface area contributed by atoms with Crippen molar-refractivity contribution in [2.24, 2.45) is 17.8 Å². The average Bonchev–Trinajstić information content (AvgIpc) is 2.61. The standard InChI is InChI=1S/C21H40O4/c1-6-10-12-18(8-3)15-24-20(22)14-17(5)21(23)25-16-19(9-4)13-11-7-2/h17-19H,6-16H2,1-5H3. The third kappa shape index (κ3) is 12.0. The van der Waals surface area contributed by atoms with Gasteiger partial charge in [-0.2, -0.15) is 0 Å². The Balaban J connectivity index is 4.09. The molecule has 0 aliphatic rings. The van der Waals surface area contributed by atoms with Crippen molar-refractivity contribution in [2.75, 3.05) is 13.2 Å². The van der Waals surface area contributed by atoms with Crippen LogP contribution in [0.4, 0.5) is 0 Å². The summed E-state index contributed by atoms with van der Waals surface area (Å²) < 4.78 is 10.8. The van der Waals surface area contributed by atoms with E-state index >= 15 is 0 Å². The zero-order chi connectivity index (χ0) is 19.1. The van der Waals surface area contributed by atoms with Crippen molar-refractivity contribution in [2.45, 2.75) is 92.4 Å². The van der Waals surface area contributed by atoms with Crippen LogP contribution >= 0.6 is 0 Å². The topological polar surface area (TPSA) is 52.6 Å². The van der Waals surface area contributed by atoms with E-state index in [1.165, 1.54) is 0 Å². The fourth-order valence-electron chi connectivity index (χ4n) is 2.74. The molecule has 0 fully saturated rings. The van der Waals surface area contributed by atoms with E-state index < -0.39 is 5.92 Å². The fourth-order valence-corrected chi connectivity index (χ4v) is 2.74. The van der Waals surface area contributed by atoms with Crippen molar-refractivity contribution < 1.29 is 19.1 Å². The smallest absolute Gasteiger partial charge is 0.309 e. The van der Waals surface area contributed by atoms with Crippen LogP contribution in [-0.2, 0) is 19.1 Å². The van der Waals surface area contributed by atoms with Crippen LogP contribution in [0.25, 0.3) is 0 Å². The minimum Gasteiger partial charge on any atom is -0.465 e. The highest BCUT2D eigenvalue weighted by Gasteiger charge is 2.21. The van der Waals surface area contributed by atoms with Gasteiger partial charge in [0.2, 0.25) is 0 Å². The number of carbonyl (C=O) groups is 2. The van der Waals surface area contributed by atoms with Crippen LogP contribution in [-0.4, -0.2) is 25.2 Å². The van der Waals surface area contributed by atoms with Crippen LogP contribution in [0.5, 0.6) is 0 Å². The SMILES string of the molecule is CCCCC(CC)COC(=O)CC(C)C(=O)OCC(CC)CCCC. The van der Waals surface area contributed by atoms with E-state index in [2.05, 4.69) is 27.7 Å². The van der Waals surface area contributed by atoms with E-state index in [1.807, 2.05) is 0 Å². The van der Waals surface area contributed by atoms with Crippen molar-refractivity contribution in [3.63, 3.8) is 0 Å². The van der Waals surface area contributed by atoms with Crippen LogP contribution in [0.3, 0.4) is 0 Å². The summed E-state index contributed by atoms with van der Waals surface area (Å²) in [4.78, 5) is 24.0. The number of rotatable bonds is 15. The molecule has 0 spiro atoms. The van der Waals surface area contributed by atoms with Gasteiger partial charge in [-0.15, -0.1) is 0 Å². The van der Waals surface area contributed by atoms with Crippen molar-refractivity contribution in [3.8, 4) is 0 Å². The molecule has 0 heterocycles. The maximum absolute atomic E-state index is 12.1. The lowest BCUT2D eigenvalue weighted by atomic mass is 10.0. The molecule has 4 heteroatoms. The molecular formula is C21H40O4. The highest BCUT2D eigenvalue weighted by atomic mass is 16.5. The quantitative estimate of drug-likeness (QED) is 0.362. The van der Waals surface area contributed by atoms with Crippen LogP contribution < -0.4 is 0 Å². The molecule has 0 saturated carbocycles. The third-order valence-corrected chi connectivity index (χ3v) is 4.90. The number of hydrogen-bond donors (Lipinski definition) is 0. The Morgan fingerprint density at radius 3 is 1.72 bits per heavy atom. The Hall–Kier alpha value is -1.06. The number of ether oxygens (including phenoxy) is 2. The minimum atomic E-state index is -0.438. The maximum Gasteiger partial charge on any atom is 0.309 e. The first-order chi connectivity index (χ1) is 12.0. The van der Waals surface area contributed by atoms with Crippen LogP contribution in [0, 0.1) is 17.8 Å². The summed E-state index contributed by atoms with van der Waals surface area (Å²) in [7, 11) is 0. The van der Waals surface area contributed by atoms with Gasteiger partial charge < -0.3 is 9.47 Å². The van der Waals surface area contributed by atoms with E-state index in [1.54, 1.807) is 6.92 Å². The van der Waals surface area contributed by atoms with Gasteiger partial charge >= 0.3 is 11.9 Å². The first-order valence-corrected chi connectivity index (χ1v) is 10.3. The zero-order valence-corrected chi connectivity index (χ0v) is 17.1. The summed E-state index contributed by atoms with van der Waals surface area (Å²) in [5.74, 6) is -0.170. The molecule has 25 heavy (non-hydrogen) atoms. The summed E-state index contributed by atoms with van der Waals surface area (Å²) in [6, 6.07) is 0. The van der Waals surface area contributed by atoms with E-state index in [4.69, 9.17) is 9.47 Å². The summed E-state index contributed by atoms with van der Waals surface area (Å²) in [5.41, 5.74) is 0. The monoisotopic (exact) mass is 356 g/mol. The first-order valence-electron chi connectivity index (χ1n) is 10.3. The van der Waals surface area contributed by atoms with Crippen molar-refractivity contribution in [1.82, 2.24) is 0 Å². The molecule has 0 amide bonds. The average molecular weight is 357 g/mol. The first kappa shape index (κ1) is 23.9. The van der Waals surface area contributed by atoms with Crippen LogP contribution in [0.2, 0.25) is 0 Å². The lowest BCUT2D eigenvalue weighted by Gasteiger charge is -2.18. The Morgan fingerprint density at radius 2 is 1.28 bits per heavy atom. The normalized spacial score (nSPS) is 14.6. The molecule has 3 atom stereocenters. The third-order valence-electron chi connectivity index (χ3n) is 4.90. The predicted molar refractivity (Wildman–Crippen MR) is 102 cm³/mol. The van der Waals surface area contributed by atoms with Crippen LogP contribution in [0.1, 0.15) is 92.4 Å². The summed E-state index contributed by atoms with van der Waals surface area (Å²) >= 11 is 0. The number of carbonyl (C=O) groups excluding carboxylic acids is 2. The maximum atomic E-state index is 12.1. The Morgan fingerprint density at radius 1 is 0.800 bits per heavy atom. The summed E-state index contributed by atoms with van der Waals surface area (Å²) in [5, 5.41) is 0. The molecule has 0 saturated heterocycles. The second-order valence-electron chi connectivity index (χ2n) is 7.25. The molecule has 0 radical (unpaired) electrons. The van der Waals surface area contributed by atoms with Gasteiger partial charge in [-0.1, -0.05) is 73.1 Å². The Labute approximate surface area is 155 Å². The predicted octanol–water partition coefficient (Wildman–Crippen LogP) is 5.53. The molecule has 0 aliphatic carbocycles. The molecule has 0 aromatic rings. The molecule has 0 N–H and O–H groups in total. The van der Waals surface area contributed by atoms with Gasteiger partial charge in [0.25, 0.3) is 0 Å². The number of unbranched alkanes of at least 4 members (excludes halogenated alkanes) is 2. The molecule has 0 aliphatic heterocycles. The molecule has 0 aromatic heterocycles. The van der Waals surface area contributed by atoms with E-state index in [0.717, 1.165) is 51.4 Å². The van der Waals surface area contributed by atoms with E-state index in [9.17, 15) is 9.59 Å². The minimum absolute atomic E-state index is 0.106. The van der Waals surface area contributed by atoms with Crippen molar-refractivity contribution in [3.05, 3.63) is 0 Å². The van der Waals surface area contributed by atoms with Crippen LogP contribution in [0.15, 0.2) is 0 Å². The molecule has 148 valence electrons. The Kier molecular flexibility index (Phi) is 14.6. The van der Waals surface area contributed by atoms with Gasteiger partial charge in [-0.05, 0) is 24.7 Å². The molecule has 3 unspecified atom stereocenters. The number of esters is 2. The van der Waals surface area contributed by atoms with Gasteiger partial charge in [0.1, 0.15) is 0 Å².